The quantitative estimate of drug-likeness (QED) is 0.628. The molecule has 4 N–H and O–H groups in total. The zero-order chi connectivity index (χ0) is 9.84. The molecule has 1 unspecified atom stereocenters. The Balaban J connectivity index is 2.80. The predicted molar refractivity (Wildman–Crippen MR) is 49.1 cm³/mol. The highest BCUT2D eigenvalue weighted by Crippen LogP contribution is 2.21. The van der Waals surface area contributed by atoms with Crippen molar-refractivity contribution in [3.63, 3.8) is 0 Å². The summed E-state index contributed by atoms with van der Waals surface area (Å²) in [6.45, 7) is 4.47. The molecule has 5 heteroatoms. The van der Waals surface area contributed by atoms with Crippen LogP contribution in [-0.4, -0.2) is 27.1 Å². The smallest absolute Gasteiger partial charge is 0.114 e. The van der Waals surface area contributed by atoms with Gasteiger partial charge in [0.15, 0.2) is 0 Å². The van der Waals surface area contributed by atoms with Crippen LogP contribution in [0, 0.1) is 0 Å². The first-order valence-electron chi connectivity index (χ1n) is 4.45. The molecule has 0 fully saturated rings. The van der Waals surface area contributed by atoms with Crippen molar-refractivity contribution in [1.82, 2.24) is 15.4 Å². The molecule has 0 spiro atoms. The number of hydrogen-bond acceptors (Lipinski definition) is 4. The van der Waals surface area contributed by atoms with Crippen molar-refractivity contribution in [3.05, 3.63) is 11.4 Å². The van der Waals surface area contributed by atoms with Crippen molar-refractivity contribution in [2.75, 3.05) is 6.54 Å². The maximum Gasteiger partial charge on any atom is 0.114 e. The van der Waals surface area contributed by atoms with Gasteiger partial charge >= 0.3 is 0 Å². The Kier molecular flexibility index (Phi) is 3.39. The number of nitrogens with two attached hydrogens (primary N) is 1. The van der Waals surface area contributed by atoms with E-state index in [1.54, 1.807) is 0 Å². The number of rotatable bonds is 4. The Hall–Kier alpha value is -0.940. The van der Waals surface area contributed by atoms with Gasteiger partial charge in [0.05, 0.1) is 5.69 Å². The molecule has 1 atom stereocenters. The molecule has 0 amide bonds. The molecular formula is C8H16N4O. The highest BCUT2D eigenvalue weighted by Gasteiger charge is 2.18. The third kappa shape index (κ3) is 2.26. The van der Waals surface area contributed by atoms with Crippen LogP contribution in [0.25, 0.3) is 0 Å². The third-order valence-electron chi connectivity index (χ3n) is 1.91. The summed E-state index contributed by atoms with van der Waals surface area (Å²) >= 11 is 0. The zero-order valence-corrected chi connectivity index (χ0v) is 7.99. The van der Waals surface area contributed by atoms with E-state index in [9.17, 15) is 5.11 Å². The highest BCUT2D eigenvalue weighted by atomic mass is 16.3. The molecule has 0 aliphatic carbocycles. The molecule has 1 rings (SSSR count). The van der Waals surface area contributed by atoms with E-state index in [1.165, 1.54) is 0 Å². The van der Waals surface area contributed by atoms with Crippen molar-refractivity contribution in [3.8, 4) is 0 Å². The fraction of sp³-hybridized carbons (Fsp3) is 0.750. The molecule has 0 aliphatic heterocycles. The largest absolute Gasteiger partial charge is 0.387 e. The summed E-state index contributed by atoms with van der Waals surface area (Å²) in [6, 6.07) is 0. The summed E-state index contributed by atoms with van der Waals surface area (Å²) in [6.07, 6.45) is -0.0761. The van der Waals surface area contributed by atoms with E-state index in [4.69, 9.17) is 5.73 Å². The average molecular weight is 184 g/mol. The van der Waals surface area contributed by atoms with Gasteiger partial charge in [0.1, 0.15) is 11.8 Å². The van der Waals surface area contributed by atoms with Crippen LogP contribution in [0.1, 0.15) is 43.7 Å². The molecule has 0 aliphatic rings. The third-order valence-corrected chi connectivity index (χ3v) is 1.91. The van der Waals surface area contributed by atoms with E-state index < -0.39 is 6.10 Å². The van der Waals surface area contributed by atoms with Gasteiger partial charge in [0.25, 0.3) is 0 Å². The fourth-order valence-electron chi connectivity index (χ4n) is 1.21. The molecule has 5 nitrogen and oxygen atoms in total. The summed E-state index contributed by atoms with van der Waals surface area (Å²) in [5.41, 5.74) is 6.79. The first-order valence-corrected chi connectivity index (χ1v) is 4.45. The molecule has 13 heavy (non-hydrogen) atoms. The lowest BCUT2D eigenvalue weighted by Gasteiger charge is -2.08. The number of aromatic amines is 1. The summed E-state index contributed by atoms with van der Waals surface area (Å²) in [5, 5.41) is 20.1. The molecule has 0 bridgehead atoms. The molecule has 0 aromatic carbocycles. The number of aliphatic hydroxyl groups excluding tert-OH is 1. The Morgan fingerprint density at radius 1 is 1.38 bits per heavy atom. The van der Waals surface area contributed by atoms with Crippen LogP contribution in [0.2, 0.25) is 0 Å². The summed E-state index contributed by atoms with van der Waals surface area (Å²) in [4.78, 5) is 0. The minimum absolute atomic E-state index is 0.265. The number of aromatic nitrogens is 3. The van der Waals surface area contributed by atoms with Crippen molar-refractivity contribution >= 4 is 0 Å². The van der Waals surface area contributed by atoms with Gasteiger partial charge in [-0.3, -0.25) is 0 Å². The monoisotopic (exact) mass is 184 g/mol. The maximum absolute atomic E-state index is 9.64. The summed E-state index contributed by atoms with van der Waals surface area (Å²) < 4.78 is 0. The van der Waals surface area contributed by atoms with E-state index in [0.717, 1.165) is 5.69 Å². The average Bonchev–Trinajstić information content (AvgIpc) is 2.52. The van der Waals surface area contributed by atoms with Gasteiger partial charge in [0.2, 0.25) is 0 Å². The minimum atomic E-state index is -0.596. The van der Waals surface area contributed by atoms with Crippen LogP contribution in [0.15, 0.2) is 0 Å². The highest BCUT2D eigenvalue weighted by molar-refractivity contribution is 5.15. The fourth-order valence-corrected chi connectivity index (χ4v) is 1.21. The van der Waals surface area contributed by atoms with E-state index in [-0.39, 0.29) is 5.92 Å². The minimum Gasteiger partial charge on any atom is -0.387 e. The molecule has 1 aromatic heterocycles. The van der Waals surface area contributed by atoms with Crippen LogP contribution in [0.4, 0.5) is 0 Å². The zero-order valence-electron chi connectivity index (χ0n) is 7.99. The summed E-state index contributed by atoms with van der Waals surface area (Å²) in [5.74, 6) is 0.265. The molecule has 1 heterocycles. The molecule has 0 saturated carbocycles. The van der Waals surface area contributed by atoms with Gasteiger partial charge in [-0.1, -0.05) is 13.8 Å². The lowest BCUT2D eigenvalue weighted by atomic mass is 10.0. The Labute approximate surface area is 77.3 Å². The number of H-pyrrole nitrogens is 1. The van der Waals surface area contributed by atoms with Gasteiger partial charge in [-0.2, -0.15) is 15.4 Å². The number of nitrogens with one attached hydrogen (secondary N) is 1. The second kappa shape index (κ2) is 4.34. The predicted octanol–water partition coefficient (Wildman–Crippen LogP) is 0.310. The summed E-state index contributed by atoms with van der Waals surface area (Å²) in [7, 11) is 0. The second-order valence-electron chi connectivity index (χ2n) is 3.34. The van der Waals surface area contributed by atoms with Crippen LogP contribution in [0.5, 0.6) is 0 Å². The molecule has 0 radical (unpaired) electrons. The SMILES string of the molecule is CC(C)c1n[nH]nc1C(O)CCN. The van der Waals surface area contributed by atoms with Crippen molar-refractivity contribution < 1.29 is 5.11 Å². The molecule has 0 saturated heterocycles. The molecule has 1 aromatic rings. The van der Waals surface area contributed by atoms with Gasteiger partial charge in [-0.15, -0.1) is 0 Å². The van der Waals surface area contributed by atoms with Gasteiger partial charge < -0.3 is 10.8 Å². The Morgan fingerprint density at radius 3 is 2.54 bits per heavy atom. The molecular weight excluding hydrogens is 168 g/mol. The van der Waals surface area contributed by atoms with Crippen LogP contribution in [-0.2, 0) is 0 Å². The lowest BCUT2D eigenvalue weighted by molar-refractivity contribution is 0.164. The van der Waals surface area contributed by atoms with E-state index >= 15 is 0 Å². The normalized spacial score (nSPS) is 13.6. The van der Waals surface area contributed by atoms with Gasteiger partial charge in [-0.05, 0) is 18.9 Å². The first kappa shape index (κ1) is 10.1. The Bertz CT molecular complexity index is 258. The van der Waals surface area contributed by atoms with Crippen molar-refractivity contribution in [1.29, 1.82) is 0 Å². The number of hydrogen-bond donors (Lipinski definition) is 3. The molecule has 74 valence electrons. The number of aliphatic hydroxyl groups is 1. The number of nitrogens with zero attached hydrogens (tertiary/aromatic N) is 2. The van der Waals surface area contributed by atoms with Gasteiger partial charge in [-0.25, -0.2) is 0 Å². The topological polar surface area (TPSA) is 87.8 Å². The van der Waals surface area contributed by atoms with Crippen LogP contribution in [0.3, 0.4) is 0 Å². The standard InChI is InChI=1S/C8H16N4O/c1-5(2)7-8(11-12-10-7)6(13)3-4-9/h5-6,13H,3-4,9H2,1-2H3,(H,10,11,12). The van der Waals surface area contributed by atoms with E-state index in [0.29, 0.717) is 18.7 Å². The maximum atomic E-state index is 9.64. The van der Waals surface area contributed by atoms with Crippen LogP contribution >= 0.6 is 0 Å². The van der Waals surface area contributed by atoms with Crippen LogP contribution < -0.4 is 5.73 Å². The Morgan fingerprint density at radius 2 is 2.00 bits per heavy atom. The van der Waals surface area contributed by atoms with Crippen molar-refractivity contribution in [2.45, 2.75) is 32.3 Å². The van der Waals surface area contributed by atoms with Crippen molar-refractivity contribution in [2.24, 2.45) is 5.73 Å². The van der Waals surface area contributed by atoms with E-state index in [2.05, 4.69) is 15.4 Å². The lowest BCUT2D eigenvalue weighted by Crippen LogP contribution is -2.09. The second-order valence-corrected chi connectivity index (χ2v) is 3.34. The first-order chi connectivity index (χ1) is 6.16. The van der Waals surface area contributed by atoms with Gasteiger partial charge in [0, 0.05) is 0 Å². The van der Waals surface area contributed by atoms with E-state index in [1.807, 2.05) is 13.8 Å².